The number of amides is 1. The molecule has 1 aliphatic rings. The summed E-state index contributed by atoms with van der Waals surface area (Å²) in [5.41, 5.74) is 1.59. The van der Waals surface area contributed by atoms with Crippen molar-refractivity contribution in [3.63, 3.8) is 0 Å². The third-order valence-electron chi connectivity index (χ3n) is 6.34. The van der Waals surface area contributed by atoms with Crippen LogP contribution in [-0.2, 0) is 16.1 Å². The fourth-order valence-electron chi connectivity index (χ4n) is 4.44. The summed E-state index contributed by atoms with van der Waals surface area (Å²) in [6.07, 6.45) is 0. The third-order valence-corrected chi connectivity index (χ3v) is 6.34. The molecule has 2 N–H and O–H groups in total. The Kier molecular flexibility index (Phi) is 8.44. The lowest BCUT2D eigenvalue weighted by Crippen LogP contribution is -2.29. The molecule has 1 atom stereocenters. The molecule has 4 rings (SSSR count). The lowest BCUT2D eigenvalue weighted by atomic mass is 9.94. The number of Topliss-reactive ketones (excluding diaryl/α,β-unsaturated/α-hetero) is 1. The van der Waals surface area contributed by atoms with E-state index in [-0.39, 0.29) is 29.4 Å². The van der Waals surface area contributed by atoms with Gasteiger partial charge in [-0.2, -0.15) is 0 Å². The summed E-state index contributed by atoms with van der Waals surface area (Å²) in [6.45, 7) is 6.76. The Morgan fingerprint density at radius 1 is 0.974 bits per heavy atom. The molecule has 0 bridgehead atoms. The van der Waals surface area contributed by atoms with Gasteiger partial charge < -0.3 is 29.3 Å². The highest BCUT2D eigenvalue weighted by atomic mass is 16.5. The number of aliphatic hydroxyl groups excluding tert-OH is 1. The van der Waals surface area contributed by atoms with Gasteiger partial charge in [0.2, 0.25) is 0 Å². The zero-order chi connectivity index (χ0) is 28.1. The summed E-state index contributed by atoms with van der Waals surface area (Å²) in [6, 6.07) is 17.7. The van der Waals surface area contributed by atoms with E-state index in [0.29, 0.717) is 41.8 Å². The van der Waals surface area contributed by atoms with Crippen LogP contribution in [0.15, 0.2) is 72.3 Å². The summed E-state index contributed by atoms with van der Waals surface area (Å²) in [5.74, 6) is -0.189. The number of rotatable bonds is 10. The molecule has 1 unspecified atom stereocenters. The molecule has 1 saturated heterocycles. The van der Waals surface area contributed by atoms with Crippen LogP contribution in [0, 0.1) is 5.92 Å². The van der Waals surface area contributed by atoms with Gasteiger partial charge in [0.1, 0.15) is 17.3 Å². The third kappa shape index (κ3) is 6.00. The average Bonchev–Trinajstić information content (AvgIpc) is 3.18. The number of carbonyl (C=O) groups excluding carboxylic acids is 2. The van der Waals surface area contributed by atoms with Gasteiger partial charge in [0.25, 0.3) is 11.7 Å². The molecule has 0 spiro atoms. The zero-order valence-electron chi connectivity index (χ0n) is 22.5. The molecule has 3 aromatic rings. The van der Waals surface area contributed by atoms with Crippen molar-refractivity contribution in [2.45, 2.75) is 33.4 Å². The second-order valence-electron chi connectivity index (χ2n) is 9.67. The molecule has 1 fully saturated rings. The quantitative estimate of drug-likeness (QED) is 0.203. The van der Waals surface area contributed by atoms with Crippen LogP contribution in [-0.4, -0.2) is 47.1 Å². The summed E-state index contributed by atoms with van der Waals surface area (Å²) >= 11 is 0. The van der Waals surface area contributed by atoms with Gasteiger partial charge in [-0.1, -0.05) is 44.2 Å². The second kappa shape index (κ2) is 11.9. The van der Waals surface area contributed by atoms with Crippen molar-refractivity contribution in [3.8, 4) is 23.0 Å². The first-order valence-corrected chi connectivity index (χ1v) is 12.8. The van der Waals surface area contributed by atoms with Gasteiger partial charge in [0.05, 0.1) is 31.9 Å². The minimum atomic E-state index is -0.924. The topological polar surface area (TPSA) is 106 Å². The lowest BCUT2D eigenvalue weighted by Gasteiger charge is -2.26. The number of aromatic hydroxyl groups is 1. The fraction of sp³-hybridized carbons (Fsp3) is 0.290. The van der Waals surface area contributed by atoms with E-state index in [1.54, 1.807) is 62.6 Å². The van der Waals surface area contributed by atoms with E-state index in [2.05, 4.69) is 0 Å². The number of phenolic OH excluding ortho intramolecular Hbond substituents is 1. The number of nitrogens with zero attached hydrogens (tertiary/aromatic N) is 1. The van der Waals surface area contributed by atoms with E-state index in [1.165, 1.54) is 11.0 Å². The highest BCUT2D eigenvalue weighted by molar-refractivity contribution is 6.46. The smallest absolute Gasteiger partial charge is 0.295 e. The highest BCUT2D eigenvalue weighted by Crippen LogP contribution is 2.42. The van der Waals surface area contributed by atoms with Crippen LogP contribution in [0.1, 0.15) is 43.5 Å². The second-order valence-corrected chi connectivity index (χ2v) is 9.67. The van der Waals surface area contributed by atoms with Crippen LogP contribution in [0.4, 0.5) is 0 Å². The number of hydrogen-bond donors (Lipinski definition) is 2. The fourth-order valence-corrected chi connectivity index (χ4v) is 4.44. The first-order chi connectivity index (χ1) is 18.7. The predicted molar refractivity (Wildman–Crippen MR) is 147 cm³/mol. The Labute approximate surface area is 228 Å². The Morgan fingerprint density at radius 2 is 1.72 bits per heavy atom. The standard InChI is InChI=1S/C31H33NO7/c1-5-38-26-16-21(11-14-25(26)33)28-27(29(34)22-7-6-8-24(15-22)39-18-19(2)3)30(35)31(36)32(28)17-20-9-12-23(37-4)13-10-20/h6-16,19,28,33-34H,5,17-18H2,1-4H3/b29-27-. The number of benzene rings is 3. The molecule has 0 aliphatic carbocycles. The van der Waals surface area contributed by atoms with Crippen LogP contribution >= 0.6 is 0 Å². The molecule has 204 valence electrons. The first-order valence-electron chi connectivity index (χ1n) is 12.8. The van der Waals surface area contributed by atoms with E-state index in [9.17, 15) is 19.8 Å². The predicted octanol–water partition coefficient (Wildman–Crippen LogP) is 5.46. The maximum Gasteiger partial charge on any atom is 0.295 e. The largest absolute Gasteiger partial charge is 0.507 e. The Balaban J connectivity index is 1.82. The molecular weight excluding hydrogens is 498 g/mol. The van der Waals surface area contributed by atoms with Crippen molar-refractivity contribution >= 4 is 17.4 Å². The Bertz CT molecular complexity index is 1380. The maximum absolute atomic E-state index is 13.4. The first kappa shape index (κ1) is 27.6. The van der Waals surface area contributed by atoms with Gasteiger partial charge >= 0.3 is 0 Å². The van der Waals surface area contributed by atoms with Gasteiger partial charge in [-0.3, -0.25) is 9.59 Å². The number of aliphatic hydroxyl groups is 1. The van der Waals surface area contributed by atoms with Crippen LogP contribution in [0.5, 0.6) is 23.0 Å². The number of ether oxygens (including phenoxy) is 3. The average molecular weight is 532 g/mol. The van der Waals surface area contributed by atoms with E-state index < -0.39 is 17.7 Å². The van der Waals surface area contributed by atoms with Crippen molar-refractivity contribution < 1.29 is 34.0 Å². The Morgan fingerprint density at radius 3 is 2.38 bits per heavy atom. The maximum atomic E-state index is 13.4. The minimum absolute atomic E-state index is 0.0531. The SMILES string of the molecule is CCOc1cc(C2/C(=C(/O)c3cccc(OCC(C)C)c3)C(=O)C(=O)N2Cc2ccc(OC)cc2)ccc1O. The summed E-state index contributed by atoms with van der Waals surface area (Å²) < 4.78 is 16.6. The molecule has 8 heteroatoms. The number of methoxy groups -OCH3 is 1. The molecular formula is C31H33NO7. The van der Waals surface area contributed by atoms with Crippen molar-refractivity contribution in [2.75, 3.05) is 20.3 Å². The monoisotopic (exact) mass is 531 g/mol. The lowest BCUT2D eigenvalue weighted by molar-refractivity contribution is -0.140. The van der Waals surface area contributed by atoms with Crippen LogP contribution in [0.2, 0.25) is 0 Å². The minimum Gasteiger partial charge on any atom is -0.507 e. The summed E-state index contributed by atoms with van der Waals surface area (Å²) in [7, 11) is 1.57. The number of likely N-dealkylation sites (tertiary alicyclic amines) is 1. The van der Waals surface area contributed by atoms with Gasteiger partial charge in [-0.15, -0.1) is 0 Å². The molecule has 39 heavy (non-hydrogen) atoms. The van der Waals surface area contributed by atoms with Crippen LogP contribution in [0.3, 0.4) is 0 Å². The van der Waals surface area contributed by atoms with E-state index in [4.69, 9.17) is 14.2 Å². The van der Waals surface area contributed by atoms with Gasteiger partial charge in [0.15, 0.2) is 11.5 Å². The van der Waals surface area contributed by atoms with E-state index >= 15 is 0 Å². The van der Waals surface area contributed by atoms with Crippen LogP contribution < -0.4 is 14.2 Å². The summed E-state index contributed by atoms with van der Waals surface area (Å²) in [5, 5.41) is 21.7. The molecule has 3 aromatic carbocycles. The molecule has 8 nitrogen and oxygen atoms in total. The van der Waals surface area contributed by atoms with Crippen molar-refractivity contribution in [1.29, 1.82) is 0 Å². The Hall–Kier alpha value is -4.46. The molecule has 1 amide bonds. The molecule has 1 aliphatic heterocycles. The molecule has 0 aromatic heterocycles. The van der Waals surface area contributed by atoms with Crippen molar-refractivity contribution in [2.24, 2.45) is 5.92 Å². The van der Waals surface area contributed by atoms with Gasteiger partial charge in [0, 0.05) is 12.1 Å². The van der Waals surface area contributed by atoms with Crippen LogP contribution in [0.25, 0.3) is 5.76 Å². The zero-order valence-corrected chi connectivity index (χ0v) is 22.5. The number of hydrogen-bond acceptors (Lipinski definition) is 7. The number of phenols is 1. The van der Waals surface area contributed by atoms with E-state index in [1.807, 2.05) is 26.0 Å². The number of ketones is 1. The normalized spacial score (nSPS) is 16.5. The highest BCUT2D eigenvalue weighted by Gasteiger charge is 2.46. The molecule has 0 radical (unpaired) electrons. The van der Waals surface area contributed by atoms with E-state index in [0.717, 1.165) is 5.56 Å². The molecule has 1 heterocycles. The number of carbonyl (C=O) groups is 2. The summed E-state index contributed by atoms with van der Waals surface area (Å²) in [4.78, 5) is 28.2. The molecule has 0 saturated carbocycles. The van der Waals surface area contributed by atoms with Gasteiger partial charge in [-0.25, -0.2) is 0 Å². The van der Waals surface area contributed by atoms with Crippen molar-refractivity contribution in [3.05, 3.63) is 89.0 Å². The van der Waals surface area contributed by atoms with Gasteiger partial charge in [-0.05, 0) is 60.4 Å². The van der Waals surface area contributed by atoms with Crippen molar-refractivity contribution in [1.82, 2.24) is 4.90 Å².